The van der Waals surface area contributed by atoms with E-state index >= 15 is 0 Å². The maximum atomic E-state index is 11.9. The van der Waals surface area contributed by atoms with Gasteiger partial charge in [0.2, 0.25) is 0 Å². The maximum absolute atomic E-state index is 11.9. The fraction of sp³-hybridized carbons (Fsp3) is 0.0952. The number of fused-ring (bicyclic) bond motifs is 1. The van der Waals surface area contributed by atoms with Crippen molar-refractivity contribution in [3.05, 3.63) is 87.3 Å². The Kier molecular flexibility index (Phi) is 3.62. The summed E-state index contributed by atoms with van der Waals surface area (Å²) >= 11 is 6.40. The molecule has 3 heteroatoms. The molecule has 2 aromatic carbocycles. The van der Waals surface area contributed by atoms with Crippen LogP contribution < -0.4 is 5.63 Å². The predicted octanol–water partition coefficient (Wildman–Crippen LogP) is 5.77. The molecule has 0 bridgehead atoms. The molecule has 0 N–H and O–H groups in total. The third-order valence-electron chi connectivity index (χ3n) is 4.36. The highest BCUT2D eigenvalue weighted by molar-refractivity contribution is 6.33. The Hall–Kier alpha value is -2.58. The minimum atomic E-state index is -0.345. The zero-order valence-corrected chi connectivity index (χ0v) is 13.9. The van der Waals surface area contributed by atoms with Gasteiger partial charge >= 0.3 is 5.63 Å². The molecule has 1 aromatic heterocycles. The van der Waals surface area contributed by atoms with Gasteiger partial charge in [-0.15, -0.1) is 0 Å². The largest absolute Gasteiger partial charge is 0.422 e. The summed E-state index contributed by atoms with van der Waals surface area (Å²) in [7, 11) is 0. The average molecular weight is 335 g/mol. The Morgan fingerprint density at radius 1 is 1.08 bits per heavy atom. The van der Waals surface area contributed by atoms with Gasteiger partial charge in [0.25, 0.3) is 0 Å². The number of halogens is 1. The van der Waals surface area contributed by atoms with Crippen molar-refractivity contribution in [3.8, 4) is 11.1 Å². The van der Waals surface area contributed by atoms with Crippen LogP contribution in [0, 0.1) is 6.92 Å². The molecule has 1 aliphatic carbocycles. The van der Waals surface area contributed by atoms with Crippen molar-refractivity contribution in [1.82, 2.24) is 0 Å². The summed E-state index contributed by atoms with van der Waals surface area (Å²) in [5.74, 6) is 0. The van der Waals surface area contributed by atoms with Crippen LogP contribution in [0.3, 0.4) is 0 Å². The molecule has 1 heterocycles. The first-order valence-electron chi connectivity index (χ1n) is 7.83. The van der Waals surface area contributed by atoms with Gasteiger partial charge in [-0.2, -0.15) is 0 Å². The zero-order chi connectivity index (χ0) is 16.7. The third-order valence-corrected chi connectivity index (χ3v) is 4.69. The van der Waals surface area contributed by atoms with Gasteiger partial charge in [-0.05, 0) is 48.2 Å². The highest BCUT2D eigenvalue weighted by atomic mass is 35.5. The van der Waals surface area contributed by atoms with E-state index in [1.807, 2.05) is 31.2 Å². The molecular formula is C21H15ClO2. The molecule has 118 valence electrons. The molecular weight excluding hydrogens is 320 g/mol. The number of hydrogen-bond acceptors (Lipinski definition) is 2. The van der Waals surface area contributed by atoms with Gasteiger partial charge in [-0.3, -0.25) is 0 Å². The van der Waals surface area contributed by atoms with Crippen LogP contribution in [0.25, 0.3) is 27.7 Å². The van der Waals surface area contributed by atoms with E-state index in [0.717, 1.165) is 34.1 Å². The SMILES string of the molecule is Cc1cc(=O)oc2c(-c3ccccc3Cl)cc(C3=CC=CC3)cc12. The van der Waals surface area contributed by atoms with Crippen molar-refractivity contribution in [1.29, 1.82) is 0 Å². The predicted molar refractivity (Wildman–Crippen MR) is 99.4 cm³/mol. The molecule has 0 unspecified atom stereocenters. The molecule has 3 aromatic rings. The van der Waals surface area contributed by atoms with Gasteiger partial charge in [0.15, 0.2) is 0 Å². The van der Waals surface area contributed by atoms with E-state index in [0.29, 0.717) is 10.6 Å². The normalized spacial score (nSPS) is 13.5. The first kappa shape index (κ1) is 15.0. The molecule has 1 aliphatic rings. The van der Waals surface area contributed by atoms with Gasteiger partial charge in [-0.1, -0.05) is 48.0 Å². The number of benzene rings is 2. The van der Waals surface area contributed by atoms with E-state index in [9.17, 15) is 4.79 Å². The maximum Gasteiger partial charge on any atom is 0.336 e. The highest BCUT2D eigenvalue weighted by Gasteiger charge is 2.15. The van der Waals surface area contributed by atoms with Crippen LogP contribution in [0.5, 0.6) is 0 Å². The van der Waals surface area contributed by atoms with Gasteiger partial charge in [-0.25, -0.2) is 4.79 Å². The molecule has 0 atom stereocenters. The van der Waals surface area contributed by atoms with Crippen LogP contribution in [0.2, 0.25) is 5.02 Å². The fourth-order valence-corrected chi connectivity index (χ4v) is 3.38. The van der Waals surface area contributed by atoms with E-state index in [1.165, 1.54) is 11.6 Å². The number of hydrogen-bond donors (Lipinski definition) is 0. The van der Waals surface area contributed by atoms with Crippen molar-refractivity contribution in [2.75, 3.05) is 0 Å². The summed E-state index contributed by atoms with van der Waals surface area (Å²) in [6.07, 6.45) is 7.22. The van der Waals surface area contributed by atoms with Crippen molar-refractivity contribution in [2.24, 2.45) is 0 Å². The van der Waals surface area contributed by atoms with Crippen molar-refractivity contribution < 1.29 is 4.42 Å². The lowest BCUT2D eigenvalue weighted by Crippen LogP contribution is -2.00. The van der Waals surface area contributed by atoms with E-state index in [4.69, 9.17) is 16.0 Å². The first-order valence-corrected chi connectivity index (χ1v) is 8.21. The molecule has 0 fully saturated rings. The molecule has 0 aliphatic heterocycles. The second-order valence-electron chi connectivity index (χ2n) is 5.95. The summed E-state index contributed by atoms with van der Waals surface area (Å²) in [6.45, 7) is 1.93. The average Bonchev–Trinajstić information content (AvgIpc) is 3.09. The second kappa shape index (κ2) is 5.81. The number of aryl methyl sites for hydroxylation is 1. The first-order chi connectivity index (χ1) is 11.6. The summed E-state index contributed by atoms with van der Waals surface area (Å²) in [6, 6.07) is 13.3. The van der Waals surface area contributed by atoms with Crippen LogP contribution in [0.1, 0.15) is 17.5 Å². The molecule has 0 radical (unpaired) electrons. The zero-order valence-electron chi connectivity index (χ0n) is 13.2. The topological polar surface area (TPSA) is 30.2 Å². The molecule has 0 saturated heterocycles. The standard InChI is InChI=1S/C21H15ClO2/c1-13-10-20(23)24-21-17(13)11-15(14-6-2-3-7-14)12-18(21)16-8-4-5-9-19(16)22/h2-6,8-12H,7H2,1H3. The minimum absolute atomic E-state index is 0.345. The Morgan fingerprint density at radius 2 is 1.92 bits per heavy atom. The quantitative estimate of drug-likeness (QED) is 0.557. The van der Waals surface area contributed by atoms with Crippen LogP contribution in [-0.4, -0.2) is 0 Å². The van der Waals surface area contributed by atoms with Crippen LogP contribution in [0.4, 0.5) is 0 Å². The van der Waals surface area contributed by atoms with Gasteiger partial charge in [0, 0.05) is 27.6 Å². The van der Waals surface area contributed by atoms with Crippen molar-refractivity contribution in [2.45, 2.75) is 13.3 Å². The van der Waals surface area contributed by atoms with Crippen LogP contribution in [-0.2, 0) is 0 Å². The molecule has 0 spiro atoms. The lowest BCUT2D eigenvalue weighted by atomic mass is 9.94. The van der Waals surface area contributed by atoms with Gasteiger partial charge in [0.05, 0.1) is 0 Å². The Bertz CT molecular complexity index is 1070. The summed E-state index contributed by atoms with van der Waals surface area (Å²) in [4.78, 5) is 11.9. The molecule has 0 saturated carbocycles. The lowest BCUT2D eigenvalue weighted by Gasteiger charge is -2.12. The Labute approximate surface area is 144 Å². The smallest absolute Gasteiger partial charge is 0.336 e. The van der Waals surface area contributed by atoms with E-state index in [-0.39, 0.29) is 5.63 Å². The summed E-state index contributed by atoms with van der Waals surface area (Å²) in [5.41, 5.74) is 5.23. The summed E-state index contributed by atoms with van der Waals surface area (Å²) < 4.78 is 5.55. The number of allylic oxidation sites excluding steroid dienone is 4. The summed E-state index contributed by atoms with van der Waals surface area (Å²) in [5, 5.41) is 1.58. The van der Waals surface area contributed by atoms with Gasteiger partial charge < -0.3 is 4.42 Å². The van der Waals surface area contributed by atoms with Gasteiger partial charge in [0.1, 0.15) is 5.58 Å². The van der Waals surface area contributed by atoms with E-state index in [1.54, 1.807) is 0 Å². The monoisotopic (exact) mass is 334 g/mol. The van der Waals surface area contributed by atoms with Crippen molar-refractivity contribution >= 4 is 28.1 Å². The second-order valence-corrected chi connectivity index (χ2v) is 6.36. The third kappa shape index (κ3) is 2.49. The molecule has 0 amide bonds. The fourth-order valence-electron chi connectivity index (χ4n) is 3.14. The van der Waals surface area contributed by atoms with E-state index in [2.05, 4.69) is 30.4 Å². The lowest BCUT2D eigenvalue weighted by molar-refractivity contribution is 0.561. The Morgan fingerprint density at radius 3 is 2.67 bits per heavy atom. The van der Waals surface area contributed by atoms with E-state index < -0.39 is 0 Å². The molecule has 4 rings (SSSR count). The Balaban J connectivity index is 2.10. The van der Waals surface area contributed by atoms with Crippen molar-refractivity contribution in [3.63, 3.8) is 0 Å². The highest BCUT2D eigenvalue weighted by Crippen LogP contribution is 2.37. The molecule has 24 heavy (non-hydrogen) atoms. The minimum Gasteiger partial charge on any atom is -0.422 e. The van der Waals surface area contributed by atoms with Crippen LogP contribution in [0.15, 0.2) is 69.9 Å². The molecule has 2 nitrogen and oxygen atoms in total. The van der Waals surface area contributed by atoms with Crippen LogP contribution >= 0.6 is 11.6 Å². The number of rotatable bonds is 2.